The summed E-state index contributed by atoms with van der Waals surface area (Å²) < 4.78 is 32.2. The van der Waals surface area contributed by atoms with E-state index >= 15 is 0 Å². The van der Waals surface area contributed by atoms with E-state index in [0.29, 0.717) is 79.3 Å². The van der Waals surface area contributed by atoms with Gasteiger partial charge in [0.25, 0.3) is 0 Å². The van der Waals surface area contributed by atoms with Gasteiger partial charge >= 0.3 is 0 Å². The summed E-state index contributed by atoms with van der Waals surface area (Å²) >= 11 is 0. The Morgan fingerprint density at radius 1 is 0.607 bits per heavy atom. The van der Waals surface area contributed by atoms with Gasteiger partial charge < -0.3 is 33.5 Å². The van der Waals surface area contributed by atoms with Crippen LogP contribution in [0.2, 0.25) is 0 Å². The SMILES string of the molecule is C=Cc1ccc(COCCOCCOCCOCCOCCOCCO)cc1. The first kappa shape index (κ1) is 24.7. The van der Waals surface area contributed by atoms with E-state index in [1.807, 2.05) is 30.3 Å². The van der Waals surface area contributed by atoms with Gasteiger partial charge in [-0.05, 0) is 11.1 Å². The number of aliphatic hydroxyl groups is 1. The third kappa shape index (κ3) is 14.7. The maximum Gasteiger partial charge on any atom is 0.0718 e. The zero-order valence-electron chi connectivity index (χ0n) is 16.7. The van der Waals surface area contributed by atoms with Crippen LogP contribution in [0.3, 0.4) is 0 Å². The van der Waals surface area contributed by atoms with Gasteiger partial charge in [-0.3, -0.25) is 0 Å². The summed E-state index contributed by atoms with van der Waals surface area (Å²) in [4.78, 5) is 0. The van der Waals surface area contributed by atoms with E-state index in [1.165, 1.54) is 0 Å². The number of aliphatic hydroxyl groups excluding tert-OH is 1. The van der Waals surface area contributed by atoms with Crippen LogP contribution in [0.25, 0.3) is 6.08 Å². The lowest BCUT2D eigenvalue weighted by Crippen LogP contribution is -2.14. The van der Waals surface area contributed by atoms with E-state index in [9.17, 15) is 0 Å². The average molecular weight is 398 g/mol. The molecule has 28 heavy (non-hydrogen) atoms. The van der Waals surface area contributed by atoms with Crippen LogP contribution in [0.15, 0.2) is 30.8 Å². The molecule has 0 aromatic heterocycles. The molecule has 0 fully saturated rings. The Labute approximate surface area is 168 Å². The summed E-state index contributed by atoms with van der Waals surface area (Å²) in [7, 11) is 0. The van der Waals surface area contributed by atoms with Crippen molar-refractivity contribution in [2.75, 3.05) is 79.3 Å². The molecule has 1 N–H and O–H groups in total. The van der Waals surface area contributed by atoms with E-state index in [2.05, 4.69) is 6.58 Å². The third-order valence-corrected chi connectivity index (χ3v) is 3.58. The highest BCUT2D eigenvalue weighted by molar-refractivity contribution is 5.47. The third-order valence-electron chi connectivity index (χ3n) is 3.58. The Bertz CT molecular complexity index is 464. The molecule has 1 aromatic rings. The fourth-order valence-corrected chi connectivity index (χ4v) is 2.10. The molecule has 0 saturated carbocycles. The van der Waals surface area contributed by atoms with Crippen molar-refractivity contribution in [2.24, 2.45) is 0 Å². The Balaban J connectivity index is 1.74. The first-order chi connectivity index (χ1) is 13.9. The molecule has 0 saturated heterocycles. The minimum absolute atomic E-state index is 0.0352. The minimum atomic E-state index is 0.0352. The van der Waals surface area contributed by atoms with Gasteiger partial charge in [0.2, 0.25) is 0 Å². The van der Waals surface area contributed by atoms with E-state index in [4.69, 9.17) is 33.5 Å². The summed E-state index contributed by atoms with van der Waals surface area (Å²) in [6.07, 6.45) is 1.82. The van der Waals surface area contributed by atoms with Gasteiger partial charge in [0.15, 0.2) is 0 Å². The van der Waals surface area contributed by atoms with Gasteiger partial charge in [0, 0.05) is 0 Å². The van der Waals surface area contributed by atoms with Crippen LogP contribution in [0.1, 0.15) is 11.1 Å². The van der Waals surface area contributed by atoms with Crippen LogP contribution in [-0.2, 0) is 35.0 Å². The smallest absolute Gasteiger partial charge is 0.0718 e. The number of rotatable bonds is 20. The predicted octanol–water partition coefficient (Wildman–Crippen LogP) is 1.92. The maximum atomic E-state index is 8.53. The molecule has 0 radical (unpaired) electrons. The zero-order chi connectivity index (χ0) is 20.1. The molecule has 0 amide bonds. The molecule has 160 valence electrons. The Hall–Kier alpha value is -1.32. The lowest BCUT2D eigenvalue weighted by atomic mass is 10.1. The van der Waals surface area contributed by atoms with Crippen molar-refractivity contribution in [3.63, 3.8) is 0 Å². The molecule has 7 nitrogen and oxygen atoms in total. The van der Waals surface area contributed by atoms with Crippen LogP contribution >= 0.6 is 0 Å². The van der Waals surface area contributed by atoms with Gasteiger partial charge in [-0.25, -0.2) is 0 Å². The summed E-state index contributed by atoms with van der Waals surface area (Å²) in [5.74, 6) is 0. The highest BCUT2D eigenvalue weighted by atomic mass is 16.6. The average Bonchev–Trinajstić information content (AvgIpc) is 2.73. The fraction of sp³-hybridized carbons (Fsp3) is 0.619. The van der Waals surface area contributed by atoms with E-state index < -0.39 is 0 Å². The molecule has 0 aliphatic carbocycles. The highest BCUT2D eigenvalue weighted by Gasteiger charge is 1.95. The Kier molecular flexibility index (Phi) is 16.8. The quantitative estimate of drug-likeness (QED) is 0.336. The van der Waals surface area contributed by atoms with E-state index in [-0.39, 0.29) is 6.61 Å². The molecule has 7 heteroatoms. The van der Waals surface area contributed by atoms with E-state index in [0.717, 1.165) is 11.1 Å². The molecule has 0 heterocycles. The zero-order valence-corrected chi connectivity index (χ0v) is 16.7. The van der Waals surface area contributed by atoms with Crippen LogP contribution in [0.5, 0.6) is 0 Å². The normalized spacial score (nSPS) is 11.0. The summed E-state index contributed by atoms with van der Waals surface area (Å²) in [6, 6.07) is 8.11. The van der Waals surface area contributed by atoms with Crippen LogP contribution in [0.4, 0.5) is 0 Å². The van der Waals surface area contributed by atoms with Gasteiger partial charge in [-0.15, -0.1) is 0 Å². The van der Waals surface area contributed by atoms with Gasteiger partial charge in [-0.2, -0.15) is 0 Å². The van der Waals surface area contributed by atoms with Crippen molar-refractivity contribution in [1.82, 2.24) is 0 Å². The van der Waals surface area contributed by atoms with Crippen molar-refractivity contribution in [3.8, 4) is 0 Å². The van der Waals surface area contributed by atoms with Crippen molar-refractivity contribution < 1.29 is 33.5 Å². The van der Waals surface area contributed by atoms with Crippen molar-refractivity contribution >= 4 is 6.08 Å². The summed E-state index contributed by atoms with van der Waals surface area (Å²) in [5.41, 5.74) is 2.24. The van der Waals surface area contributed by atoms with Gasteiger partial charge in [0.05, 0.1) is 85.9 Å². The molecule has 0 bridgehead atoms. The molecular weight excluding hydrogens is 364 g/mol. The molecule has 0 unspecified atom stereocenters. The number of benzene rings is 1. The van der Waals surface area contributed by atoms with Crippen molar-refractivity contribution in [2.45, 2.75) is 6.61 Å². The van der Waals surface area contributed by atoms with Crippen LogP contribution in [0, 0.1) is 0 Å². The summed E-state index contributed by atoms with van der Waals surface area (Å²) in [5, 5.41) is 8.53. The highest BCUT2D eigenvalue weighted by Crippen LogP contribution is 2.06. The molecule has 1 aromatic carbocycles. The van der Waals surface area contributed by atoms with Crippen molar-refractivity contribution in [3.05, 3.63) is 42.0 Å². The molecule has 0 aliphatic heterocycles. The van der Waals surface area contributed by atoms with Crippen LogP contribution in [-0.4, -0.2) is 84.4 Å². The Morgan fingerprint density at radius 3 is 1.39 bits per heavy atom. The second kappa shape index (κ2) is 19.0. The van der Waals surface area contributed by atoms with Gasteiger partial charge in [0.1, 0.15) is 0 Å². The fourth-order valence-electron chi connectivity index (χ4n) is 2.10. The lowest BCUT2D eigenvalue weighted by Gasteiger charge is -2.08. The largest absolute Gasteiger partial charge is 0.394 e. The molecular formula is C21H34O7. The van der Waals surface area contributed by atoms with Crippen molar-refractivity contribution in [1.29, 1.82) is 0 Å². The van der Waals surface area contributed by atoms with Gasteiger partial charge in [-0.1, -0.05) is 36.9 Å². The predicted molar refractivity (Wildman–Crippen MR) is 107 cm³/mol. The second-order valence-electron chi connectivity index (χ2n) is 5.78. The first-order valence-corrected chi connectivity index (χ1v) is 9.65. The minimum Gasteiger partial charge on any atom is -0.394 e. The number of ether oxygens (including phenoxy) is 6. The first-order valence-electron chi connectivity index (χ1n) is 9.65. The van der Waals surface area contributed by atoms with E-state index in [1.54, 1.807) is 0 Å². The number of hydrogen-bond donors (Lipinski definition) is 1. The molecule has 0 spiro atoms. The maximum absolute atomic E-state index is 8.53. The lowest BCUT2D eigenvalue weighted by molar-refractivity contribution is -0.0190. The topological polar surface area (TPSA) is 75.6 Å². The molecule has 1 rings (SSSR count). The standard InChI is InChI=1S/C21H34O7/c1-2-20-3-5-21(6-4-20)19-28-18-17-27-16-15-26-14-13-25-12-11-24-10-9-23-8-7-22/h2-6,22H,1,7-19H2. The Morgan fingerprint density at radius 2 is 1.00 bits per heavy atom. The number of hydrogen-bond acceptors (Lipinski definition) is 7. The summed E-state index contributed by atoms with van der Waals surface area (Å²) in [6.45, 7) is 9.94. The monoisotopic (exact) mass is 398 g/mol. The second-order valence-corrected chi connectivity index (χ2v) is 5.78. The van der Waals surface area contributed by atoms with Crippen LogP contribution < -0.4 is 0 Å². The molecule has 0 aliphatic rings. The molecule has 0 atom stereocenters.